The summed E-state index contributed by atoms with van der Waals surface area (Å²) >= 11 is 0. The minimum absolute atomic E-state index is 0.565. The molecule has 0 radical (unpaired) electrons. The molecule has 1 N–H and O–H groups in total. The number of likely N-dealkylation sites (N-methyl/N-ethyl adjacent to an activating group) is 1. The molecule has 3 heterocycles. The van der Waals surface area contributed by atoms with Gasteiger partial charge in [-0.25, -0.2) is 4.98 Å². The summed E-state index contributed by atoms with van der Waals surface area (Å²) in [6.45, 7) is 3.93. The van der Waals surface area contributed by atoms with Crippen LogP contribution in [0.25, 0.3) is 0 Å². The molecule has 0 saturated heterocycles. The van der Waals surface area contributed by atoms with Gasteiger partial charge < -0.3 is 19.7 Å². The molecule has 2 aromatic heterocycles. The molecule has 0 aliphatic carbocycles. The summed E-state index contributed by atoms with van der Waals surface area (Å²) in [6.07, 6.45) is 4.53. The predicted molar refractivity (Wildman–Crippen MR) is 109 cm³/mol. The lowest BCUT2D eigenvalue weighted by Crippen LogP contribution is -2.23. The number of ether oxygens (including phenoxy) is 2. The first-order chi connectivity index (χ1) is 13.7. The van der Waals surface area contributed by atoms with Gasteiger partial charge in [-0.1, -0.05) is 0 Å². The highest BCUT2D eigenvalue weighted by atomic mass is 16.6. The summed E-state index contributed by atoms with van der Waals surface area (Å²) < 4.78 is 11.2. The van der Waals surface area contributed by atoms with Crippen molar-refractivity contribution in [3.05, 3.63) is 60.0 Å². The van der Waals surface area contributed by atoms with Crippen molar-refractivity contribution >= 4 is 17.5 Å². The third-order valence-corrected chi connectivity index (χ3v) is 4.48. The molecule has 0 fully saturated rings. The van der Waals surface area contributed by atoms with Crippen LogP contribution in [-0.2, 0) is 6.42 Å². The Morgan fingerprint density at radius 3 is 2.61 bits per heavy atom. The number of benzene rings is 1. The quantitative estimate of drug-likeness (QED) is 0.706. The summed E-state index contributed by atoms with van der Waals surface area (Å²) in [4.78, 5) is 15.4. The van der Waals surface area contributed by atoms with Gasteiger partial charge in [0.15, 0.2) is 11.5 Å². The Bertz CT molecular complexity index is 949. The average molecular weight is 377 g/mol. The molecule has 0 atom stereocenters. The van der Waals surface area contributed by atoms with Crippen molar-refractivity contribution in [2.75, 3.05) is 37.0 Å². The molecule has 4 rings (SSSR count). The molecule has 1 aliphatic heterocycles. The molecule has 144 valence electrons. The summed E-state index contributed by atoms with van der Waals surface area (Å²) in [5.74, 6) is 2.95. The molecular weight excluding hydrogens is 354 g/mol. The van der Waals surface area contributed by atoms with Crippen molar-refractivity contribution in [3.8, 4) is 11.5 Å². The van der Waals surface area contributed by atoms with E-state index >= 15 is 0 Å². The lowest BCUT2D eigenvalue weighted by atomic mass is 10.2. The summed E-state index contributed by atoms with van der Waals surface area (Å²) in [5.41, 5.74) is 3.04. The molecular formula is C21H23N5O2. The Balaban J connectivity index is 1.47. The number of aryl methyl sites for hydroxylation is 1. The third-order valence-electron chi connectivity index (χ3n) is 4.48. The molecule has 7 heteroatoms. The second kappa shape index (κ2) is 8.12. The Labute approximate surface area is 164 Å². The Morgan fingerprint density at radius 2 is 1.79 bits per heavy atom. The zero-order chi connectivity index (χ0) is 19.3. The number of hydrogen-bond donors (Lipinski definition) is 1. The van der Waals surface area contributed by atoms with Gasteiger partial charge in [0, 0.05) is 49.5 Å². The fraction of sp³-hybridized carbons (Fsp3) is 0.286. The van der Waals surface area contributed by atoms with Gasteiger partial charge >= 0.3 is 0 Å². The van der Waals surface area contributed by atoms with Gasteiger partial charge in [0.05, 0.1) is 0 Å². The van der Waals surface area contributed by atoms with Crippen LogP contribution in [0.15, 0.2) is 48.8 Å². The average Bonchev–Trinajstić information content (AvgIpc) is 2.72. The highest BCUT2D eigenvalue weighted by molar-refractivity contribution is 5.62. The van der Waals surface area contributed by atoms with Crippen molar-refractivity contribution < 1.29 is 9.47 Å². The maximum atomic E-state index is 5.65. The predicted octanol–water partition coefficient (Wildman–Crippen LogP) is 3.37. The summed E-state index contributed by atoms with van der Waals surface area (Å²) in [6, 6.07) is 11.8. The van der Waals surface area contributed by atoms with Crippen LogP contribution in [0.5, 0.6) is 11.5 Å². The third kappa shape index (κ3) is 4.31. The Hall–Kier alpha value is -3.35. The summed E-state index contributed by atoms with van der Waals surface area (Å²) in [5, 5.41) is 3.34. The number of anilines is 3. The van der Waals surface area contributed by atoms with Gasteiger partial charge in [-0.3, -0.25) is 4.98 Å². The van der Waals surface area contributed by atoms with Crippen molar-refractivity contribution in [3.63, 3.8) is 0 Å². The van der Waals surface area contributed by atoms with Crippen molar-refractivity contribution in [2.45, 2.75) is 13.3 Å². The molecule has 1 aliphatic rings. The van der Waals surface area contributed by atoms with E-state index in [1.807, 2.05) is 62.8 Å². The molecule has 0 unspecified atom stereocenters. The fourth-order valence-electron chi connectivity index (χ4n) is 3.00. The van der Waals surface area contributed by atoms with Crippen LogP contribution in [0.1, 0.15) is 11.3 Å². The van der Waals surface area contributed by atoms with Crippen LogP contribution in [-0.4, -0.2) is 41.8 Å². The van der Waals surface area contributed by atoms with Crippen LogP contribution >= 0.6 is 0 Å². The SMILES string of the molecule is Cc1cc(Nc2ccc3c(c2)OCCO3)nc(N(C)CCc2ccncc2)n1. The van der Waals surface area contributed by atoms with Crippen molar-refractivity contribution in [1.82, 2.24) is 15.0 Å². The number of hydrogen-bond acceptors (Lipinski definition) is 7. The van der Waals surface area contributed by atoms with Crippen LogP contribution < -0.4 is 19.7 Å². The number of aromatic nitrogens is 3. The smallest absolute Gasteiger partial charge is 0.227 e. The minimum atomic E-state index is 0.565. The first-order valence-corrected chi connectivity index (χ1v) is 9.30. The summed E-state index contributed by atoms with van der Waals surface area (Å²) in [7, 11) is 2.00. The van der Waals surface area contributed by atoms with E-state index in [0.717, 1.165) is 41.7 Å². The van der Waals surface area contributed by atoms with Gasteiger partial charge in [0.25, 0.3) is 0 Å². The second-order valence-electron chi connectivity index (χ2n) is 6.71. The molecule has 3 aromatic rings. The van der Waals surface area contributed by atoms with Crippen LogP contribution in [0.3, 0.4) is 0 Å². The normalized spacial score (nSPS) is 12.5. The van der Waals surface area contributed by atoms with Gasteiger partial charge in [0.1, 0.15) is 19.0 Å². The lowest BCUT2D eigenvalue weighted by molar-refractivity contribution is 0.171. The van der Waals surface area contributed by atoms with E-state index in [4.69, 9.17) is 9.47 Å². The topological polar surface area (TPSA) is 72.4 Å². The van der Waals surface area contributed by atoms with Crippen molar-refractivity contribution in [2.24, 2.45) is 0 Å². The minimum Gasteiger partial charge on any atom is -0.486 e. The van der Waals surface area contributed by atoms with Crippen LogP contribution in [0.4, 0.5) is 17.5 Å². The standard InChI is InChI=1S/C21H23N5O2/c1-15-13-20(24-17-3-4-18-19(14-17)28-12-11-27-18)25-21(23-15)26(2)10-7-16-5-8-22-9-6-16/h3-6,8-9,13-14H,7,10-12H2,1-2H3,(H,23,24,25). The maximum absolute atomic E-state index is 5.65. The highest BCUT2D eigenvalue weighted by Gasteiger charge is 2.13. The molecule has 28 heavy (non-hydrogen) atoms. The molecule has 0 bridgehead atoms. The maximum Gasteiger partial charge on any atom is 0.227 e. The molecule has 0 saturated carbocycles. The van der Waals surface area contributed by atoms with Crippen LogP contribution in [0, 0.1) is 6.92 Å². The van der Waals surface area contributed by atoms with Gasteiger partial charge in [0.2, 0.25) is 5.95 Å². The van der Waals surface area contributed by atoms with Crippen molar-refractivity contribution in [1.29, 1.82) is 0 Å². The molecule has 7 nitrogen and oxygen atoms in total. The zero-order valence-corrected chi connectivity index (χ0v) is 16.1. The Morgan fingerprint density at radius 1 is 1.00 bits per heavy atom. The monoisotopic (exact) mass is 377 g/mol. The number of nitrogens with zero attached hydrogens (tertiary/aromatic N) is 4. The molecule has 1 aromatic carbocycles. The second-order valence-corrected chi connectivity index (χ2v) is 6.71. The van der Waals surface area contributed by atoms with E-state index in [0.29, 0.717) is 19.2 Å². The van der Waals surface area contributed by atoms with Gasteiger partial charge in [-0.2, -0.15) is 4.98 Å². The number of pyridine rings is 1. The number of nitrogens with one attached hydrogen (secondary N) is 1. The van der Waals surface area contributed by atoms with E-state index in [1.165, 1.54) is 5.56 Å². The van der Waals surface area contributed by atoms with E-state index < -0.39 is 0 Å². The molecule has 0 spiro atoms. The Kier molecular flexibility index (Phi) is 5.23. The van der Waals surface area contributed by atoms with E-state index in [2.05, 4.69) is 25.2 Å². The van der Waals surface area contributed by atoms with E-state index in [1.54, 1.807) is 0 Å². The largest absolute Gasteiger partial charge is 0.486 e. The van der Waals surface area contributed by atoms with Gasteiger partial charge in [-0.15, -0.1) is 0 Å². The first-order valence-electron chi connectivity index (χ1n) is 9.30. The fourth-order valence-corrected chi connectivity index (χ4v) is 3.00. The molecule has 0 amide bonds. The van der Waals surface area contributed by atoms with Gasteiger partial charge in [-0.05, 0) is 43.2 Å². The zero-order valence-electron chi connectivity index (χ0n) is 16.1. The number of rotatable bonds is 6. The first kappa shape index (κ1) is 18.0. The number of fused-ring (bicyclic) bond motifs is 1. The lowest BCUT2D eigenvalue weighted by Gasteiger charge is -2.20. The van der Waals surface area contributed by atoms with E-state index in [-0.39, 0.29) is 0 Å². The van der Waals surface area contributed by atoms with Crippen LogP contribution in [0.2, 0.25) is 0 Å². The highest BCUT2D eigenvalue weighted by Crippen LogP contribution is 2.33. The van der Waals surface area contributed by atoms with E-state index in [9.17, 15) is 0 Å².